The Kier molecular flexibility index (Phi) is 6.18. The predicted octanol–water partition coefficient (Wildman–Crippen LogP) is 5.84. The highest BCUT2D eigenvalue weighted by molar-refractivity contribution is 5.92. The Morgan fingerprint density at radius 3 is 2.58 bits per heavy atom. The highest BCUT2D eigenvalue weighted by Crippen LogP contribution is 2.27. The summed E-state index contributed by atoms with van der Waals surface area (Å²) < 4.78 is 17.1. The zero-order valence-electron chi connectivity index (χ0n) is 19.0. The number of carbonyl (C=O) groups is 1. The molecule has 0 aliphatic heterocycles. The lowest BCUT2D eigenvalue weighted by molar-refractivity contribution is -0.118. The molecule has 0 bridgehead atoms. The van der Waals surface area contributed by atoms with Gasteiger partial charge in [-0.2, -0.15) is 0 Å². The van der Waals surface area contributed by atoms with Gasteiger partial charge in [0.25, 0.3) is 5.91 Å². The van der Waals surface area contributed by atoms with Crippen LogP contribution in [-0.2, 0) is 4.79 Å². The largest absolute Gasteiger partial charge is 0.484 e. The van der Waals surface area contributed by atoms with Gasteiger partial charge in [0.15, 0.2) is 6.61 Å². The van der Waals surface area contributed by atoms with Gasteiger partial charge >= 0.3 is 0 Å². The third kappa shape index (κ3) is 4.90. The number of carbonyl (C=O) groups excluding carboxylic acids is 1. The van der Waals surface area contributed by atoms with Crippen molar-refractivity contribution >= 4 is 22.6 Å². The van der Waals surface area contributed by atoms with Gasteiger partial charge in [-0.1, -0.05) is 24.3 Å². The number of benzene rings is 3. The van der Waals surface area contributed by atoms with Crippen molar-refractivity contribution in [2.24, 2.45) is 0 Å². The van der Waals surface area contributed by atoms with Crippen LogP contribution in [0.5, 0.6) is 17.2 Å². The number of hydrogen-bond acceptors (Lipinski definition) is 5. The highest BCUT2D eigenvalue weighted by Gasteiger charge is 2.13. The minimum atomic E-state index is -0.281. The molecule has 168 valence electrons. The van der Waals surface area contributed by atoms with E-state index in [1.54, 1.807) is 18.2 Å². The maximum atomic E-state index is 12.9. The lowest BCUT2D eigenvalue weighted by Gasteiger charge is -2.11. The van der Waals surface area contributed by atoms with E-state index in [0.29, 0.717) is 22.5 Å². The zero-order chi connectivity index (χ0) is 23.5. The van der Waals surface area contributed by atoms with Crippen molar-refractivity contribution in [3.8, 4) is 17.2 Å². The van der Waals surface area contributed by atoms with Crippen LogP contribution in [0.2, 0.25) is 0 Å². The summed E-state index contributed by atoms with van der Waals surface area (Å²) in [6.07, 6.45) is 1.30. The maximum Gasteiger partial charge on any atom is 0.262 e. The molecule has 6 heteroatoms. The van der Waals surface area contributed by atoms with E-state index in [4.69, 9.17) is 13.9 Å². The summed E-state index contributed by atoms with van der Waals surface area (Å²) >= 11 is 0. The first-order valence-corrected chi connectivity index (χ1v) is 10.6. The minimum Gasteiger partial charge on any atom is -0.484 e. The van der Waals surface area contributed by atoms with Crippen LogP contribution in [0.25, 0.3) is 11.0 Å². The van der Waals surface area contributed by atoms with E-state index in [1.807, 2.05) is 64.1 Å². The van der Waals surface area contributed by atoms with Crippen molar-refractivity contribution < 1.29 is 18.7 Å². The lowest BCUT2D eigenvalue weighted by atomic mass is 10.1. The van der Waals surface area contributed by atoms with Crippen molar-refractivity contribution in [2.75, 3.05) is 11.9 Å². The molecule has 0 atom stereocenters. The number of anilines is 1. The average molecular weight is 443 g/mol. The third-order valence-electron chi connectivity index (χ3n) is 5.53. The number of aryl methyl sites for hydroxylation is 3. The molecule has 0 saturated heterocycles. The molecule has 4 aromatic rings. The Labute approximate surface area is 191 Å². The Morgan fingerprint density at radius 1 is 0.939 bits per heavy atom. The van der Waals surface area contributed by atoms with Crippen LogP contribution in [0.1, 0.15) is 22.3 Å². The molecule has 1 heterocycles. The summed E-state index contributed by atoms with van der Waals surface area (Å²) in [4.78, 5) is 25.2. The van der Waals surface area contributed by atoms with Crippen LogP contribution >= 0.6 is 0 Å². The molecule has 1 aromatic heterocycles. The fourth-order valence-electron chi connectivity index (χ4n) is 3.41. The molecule has 1 amide bonds. The molecule has 0 unspecified atom stereocenters. The number of rotatable bonds is 6. The van der Waals surface area contributed by atoms with Crippen molar-refractivity contribution in [3.05, 3.63) is 93.3 Å². The number of hydrogen-bond donors (Lipinski definition) is 1. The summed E-state index contributed by atoms with van der Waals surface area (Å²) in [5.41, 5.74) is 4.88. The van der Waals surface area contributed by atoms with Gasteiger partial charge in [-0.3, -0.25) is 9.59 Å². The summed E-state index contributed by atoms with van der Waals surface area (Å²) in [7, 11) is 0. The topological polar surface area (TPSA) is 77.8 Å². The smallest absolute Gasteiger partial charge is 0.262 e. The highest BCUT2D eigenvalue weighted by atomic mass is 16.5. The van der Waals surface area contributed by atoms with Gasteiger partial charge in [0, 0.05) is 11.8 Å². The molecule has 0 fully saturated rings. The summed E-state index contributed by atoms with van der Waals surface area (Å²) in [5, 5.41) is 3.22. The van der Waals surface area contributed by atoms with E-state index >= 15 is 0 Å². The van der Waals surface area contributed by atoms with Crippen LogP contribution in [-0.4, -0.2) is 12.5 Å². The quantitative estimate of drug-likeness (QED) is 0.405. The van der Waals surface area contributed by atoms with Gasteiger partial charge in [-0.05, 0) is 74.2 Å². The second-order valence-corrected chi connectivity index (χ2v) is 8.04. The molecular weight excluding hydrogens is 418 g/mol. The second-order valence-electron chi connectivity index (χ2n) is 8.04. The molecule has 33 heavy (non-hydrogen) atoms. The molecule has 3 aromatic carbocycles. The Bertz CT molecular complexity index is 1400. The second kappa shape index (κ2) is 9.20. The van der Waals surface area contributed by atoms with Crippen LogP contribution in [0.15, 0.2) is 70.1 Å². The van der Waals surface area contributed by atoms with Crippen molar-refractivity contribution in [1.82, 2.24) is 0 Å². The van der Waals surface area contributed by atoms with Crippen LogP contribution in [0.3, 0.4) is 0 Å². The first-order chi connectivity index (χ1) is 15.8. The number of amides is 1. The van der Waals surface area contributed by atoms with E-state index < -0.39 is 0 Å². The summed E-state index contributed by atoms with van der Waals surface area (Å²) in [6.45, 7) is 7.64. The van der Waals surface area contributed by atoms with E-state index in [-0.39, 0.29) is 23.7 Å². The number of fused-ring (bicyclic) bond motifs is 1. The molecule has 0 radical (unpaired) electrons. The Morgan fingerprint density at radius 2 is 1.76 bits per heavy atom. The van der Waals surface area contributed by atoms with Crippen molar-refractivity contribution in [2.45, 2.75) is 27.7 Å². The van der Waals surface area contributed by atoms with Gasteiger partial charge < -0.3 is 19.2 Å². The first-order valence-electron chi connectivity index (χ1n) is 10.6. The van der Waals surface area contributed by atoms with Gasteiger partial charge in [-0.15, -0.1) is 0 Å². The van der Waals surface area contributed by atoms with E-state index in [0.717, 1.165) is 27.9 Å². The first kappa shape index (κ1) is 22.1. The fraction of sp³-hybridized carbons (Fsp3) is 0.185. The van der Waals surface area contributed by atoms with Gasteiger partial charge in [0.1, 0.15) is 23.3 Å². The molecule has 0 aliphatic rings. The third-order valence-corrected chi connectivity index (χ3v) is 5.53. The fourth-order valence-corrected chi connectivity index (χ4v) is 3.41. The molecular formula is C27H25NO5. The maximum absolute atomic E-state index is 12.9. The van der Waals surface area contributed by atoms with E-state index in [2.05, 4.69) is 5.32 Å². The van der Waals surface area contributed by atoms with Crippen molar-refractivity contribution in [1.29, 1.82) is 0 Å². The molecule has 0 spiro atoms. The normalized spacial score (nSPS) is 10.8. The number of nitrogens with one attached hydrogen (secondary N) is 1. The predicted molar refractivity (Wildman–Crippen MR) is 129 cm³/mol. The monoisotopic (exact) mass is 443 g/mol. The van der Waals surface area contributed by atoms with Crippen LogP contribution in [0.4, 0.5) is 5.69 Å². The minimum absolute atomic E-state index is 0.109. The molecule has 1 N–H and O–H groups in total. The zero-order valence-corrected chi connectivity index (χ0v) is 19.0. The van der Waals surface area contributed by atoms with Gasteiger partial charge in [-0.25, -0.2) is 0 Å². The van der Waals surface area contributed by atoms with Gasteiger partial charge in [0.2, 0.25) is 11.2 Å². The summed E-state index contributed by atoms with van der Waals surface area (Å²) in [5.74, 6) is 0.863. The molecule has 4 rings (SSSR count). The van der Waals surface area contributed by atoms with Crippen LogP contribution in [0, 0.1) is 27.7 Å². The summed E-state index contributed by atoms with van der Waals surface area (Å²) in [6, 6.07) is 16.3. The van der Waals surface area contributed by atoms with Crippen LogP contribution < -0.4 is 20.2 Å². The van der Waals surface area contributed by atoms with Gasteiger partial charge in [0.05, 0.1) is 5.39 Å². The molecule has 6 nitrogen and oxygen atoms in total. The molecule has 0 saturated carbocycles. The lowest BCUT2D eigenvalue weighted by Crippen LogP contribution is -2.20. The SMILES string of the molecule is Cc1ccc(C)c(Oc2coc3cc(OCC(=O)Nc4cccc(C)c4C)ccc3c2=O)c1. The van der Waals surface area contributed by atoms with E-state index in [9.17, 15) is 9.59 Å². The van der Waals surface area contributed by atoms with Crippen molar-refractivity contribution in [3.63, 3.8) is 0 Å². The van der Waals surface area contributed by atoms with E-state index in [1.165, 1.54) is 6.26 Å². The Balaban J connectivity index is 1.48. The average Bonchev–Trinajstić information content (AvgIpc) is 2.79. The standard InChI is InChI=1S/C27H25NO5/c1-16-8-9-18(3)23(12-16)33-25-14-32-24-13-20(10-11-21(24)27(25)30)31-15-26(29)28-22-7-5-6-17(2)19(22)4/h5-14H,15H2,1-4H3,(H,28,29). The number of ether oxygens (including phenoxy) is 2. The Hall–Kier alpha value is -4.06. The molecule has 0 aliphatic carbocycles.